The molecule has 3 rings (SSSR count). The molecule has 1 N–H and O–H groups in total. The smallest absolute Gasteiger partial charge is 0.193 e. The summed E-state index contributed by atoms with van der Waals surface area (Å²) in [6, 6.07) is 0.536. The molecule has 0 bridgehead atoms. The van der Waals surface area contributed by atoms with Gasteiger partial charge in [-0.3, -0.25) is 9.89 Å². The maximum absolute atomic E-state index is 5.00. The molecule has 23 heavy (non-hydrogen) atoms. The number of hydrogen-bond donors (Lipinski definition) is 1. The SMILES string of the molecule is CCNC(=NCC1CN(C)CCN1C)N1CC2CC=CCC2C1. The lowest BCUT2D eigenvalue weighted by atomic mass is 9.86. The largest absolute Gasteiger partial charge is 0.357 e. The molecule has 3 unspecified atom stereocenters. The first-order valence-electron chi connectivity index (χ1n) is 9.24. The van der Waals surface area contributed by atoms with E-state index in [9.17, 15) is 0 Å². The first-order chi connectivity index (χ1) is 11.2. The molecule has 5 heteroatoms. The van der Waals surface area contributed by atoms with Crippen LogP contribution in [0.4, 0.5) is 0 Å². The monoisotopic (exact) mass is 319 g/mol. The van der Waals surface area contributed by atoms with Gasteiger partial charge in [-0.1, -0.05) is 12.2 Å². The lowest BCUT2D eigenvalue weighted by Gasteiger charge is -2.37. The number of likely N-dealkylation sites (N-methyl/N-ethyl adjacent to an activating group) is 2. The van der Waals surface area contributed by atoms with Crippen LogP contribution >= 0.6 is 0 Å². The summed E-state index contributed by atoms with van der Waals surface area (Å²) in [5, 5.41) is 3.52. The Balaban J connectivity index is 1.62. The highest BCUT2D eigenvalue weighted by molar-refractivity contribution is 5.80. The van der Waals surface area contributed by atoms with Crippen LogP contribution in [-0.4, -0.2) is 86.6 Å². The number of likely N-dealkylation sites (tertiary alicyclic amines) is 1. The number of aliphatic imine (C=N–C) groups is 1. The van der Waals surface area contributed by atoms with Crippen molar-refractivity contribution in [3.63, 3.8) is 0 Å². The normalized spacial score (nSPS) is 33.1. The molecule has 2 aliphatic heterocycles. The molecule has 0 amide bonds. The third-order valence-corrected chi connectivity index (χ3v) is 5.69. The number of fused-ring (bicyclic) bond motifs is 1. The van der Waals surface area contributed by atoms with E-state index in [0.29, 0.717) is 6.04 Å². The predicted molar refractivity (Wildman–Crippen MR) is 96.8 cm³/mol. The standard InChI is InChI=1S/C18H33N5/c1-4-19-18(20-11-17-14-21(2)9-10-22(17)3)23-12-15-7-5-6-8-16(15)13-23/h5-6,15-17H,4,7-14H2,1-3H3,(H,19,20). The molecule has 5 nitrogen and oxygen atoms in total. The minimum Gasteiger partial charge on any atom is -0.357 e. The van der Waals surface area contributed by atoms with E-state index < -0.39 is 0 Å². The maximum atomic E-state index is 5.00. The molecular weight excluding hydrogens is 286 g/mol. The van der Waals surface area contributed by atoms with E-state index in [0.717, 1.165) is 44.0 Å². The minimum atomic E-state index is 0.536. The van der Waals surface area contributed by atoms with Gasteiger partial charge in [-0.05, 0) is 45.7 Å². The summed E-state index contributed by atoms with van der Waals surface area (Å²) in [5.74, 6) is 2.78. The zero-order chi connectivity index (χ0) is 16.2. The molecular formula is C18H33N5. The van der Waals surface area contributed by atoms with Gasteiger partial charge >= 0.3 is 0 Å². The molecule has 0 aromatic heterocycles. The zero-order valence-corrected chi connectivity index (χ0v) is 15.0. The third-order valence-electron chi connectivity index (χ3n) is 5.69. The zero-order valence-electron chi connectivity index (χ0n) is 15.0. The van der Waals surface area contributed by atoms with Gasteiger partial charge < -0.3 is 15.1 Å². The Morgan fingerprint density at radius 2 is 1.78 bits per heavy atom. The molecule has 2 saturated heterocycles. The predicted octanol–water partition coefficient (Wildman–Crippen LogP) is 1.10. The van der Waals surface area contributed by atoms with Gasteiger partial charge in [-0.2, -0.15) is 0 Å². The molecule has 1 aliphatic carbocycles. The summed E-state index contributed by atoms with van der Waals surface area (Å²) in [6.45, 7) is 9.78. The first kappa shape index (κ1) is 16.8. The van der Waals surface area contributed by atoms with Gasteiger partial charge in [0.15, 0.2) is 5.96 Å². The van der Waals surface area contributed by atoms with Gasteiger partial charge in [0.05, 0.1) is 6.54 Å². The first-order valence-corrected chi connectivity index (χ1v) is 9.24. The Morgan fingerprint density at radius 3 is 2.43 bits per heavy atom. The van der Waals surface area contributed by atoms with Crippen LogP contribution in [0.25, 0.3) is 0 Å². The number of nitrogens with one attached hydrogen (secondary N) is 1. The van der Waals surface area contributed by atoms with Crippen LogP contribution in [0.2, 0.25) is 0 Å². The lowest BCUT2D eigenvalue weighted by Crippen LogP contribution is -2.51. The summed E-state index contributed by atoms with van der Waals surface area (Å²) in [5.41, 5.74) is 0. The van der Waals surface area contributed by atoms with E-state index in [-0.39, 0.29) is 0 Å². The number of allylic oxidation sites excluding steroid dienone is 2. The second kappa shape index (κ2) is 7.67. The van der Waals surface area contributed by atoms with Crippen molar-refractivity contribution in [2.24, 2.45) is 16.8 Å². The fraction of sp³-hybridized carbons (Fsp3) is 0.833. The number of hydrogen-bond acceptors (Lipinski definition) is 3. The van der Waals surface area contributed by atoms with E-state index in [4.69, 9.17) is 4.99 Å². The average molecular weight is 319 g/mol. The maximum Gasteiger partial charge on any atom is 0.193 e. The van der Waals surface area contributed by atoms with E-state index in [1.54, 1.807) is 0 Å². The van der Waals surface area contributed by atoms with Gasteiger partial charge in [0.25, 0.3) is 0 Å². The van der Waals surface area contributed by atoms with Crippen molar-refractivity contribution in [1.82, 2.24) is 20.0 Å². The van der Waals surface area contributed by atoms with Crippen molar-refractivity contribution in [2.75, 3.05) is 59.9 Å². The van der Waals surface area contributed by atoms with Crippen molar-refractivity contribution in [2.45, 2.75) is 25.8 Å². The van der Waals surface area contributed by atoms with Gasteiger partial charge in [0.1, 0.15) is 0 Å². The summed E-state index contributed by atoms with van der Waals surface area (Å²) >= 11 is 0. The Labute approximate surface area is 141 Å². The van der Waals surface area contributed by atoms with Crippen molar-refractivity contribution in [3.05, 3.63) is 12.2 Å². The van der Waals surface area contributed by atoms with Crippen LogP contribution < -0.4 is 5.32 Å². The fourth-order valence-electron chi connectivity index (χ4n) is 4.10. The molecule has 130 valence electrons. The molecule has 2 heterocycles. The molecule has 3 aliphatic rings. The van der Waals surface area contributed by atoms with Crippen LogP contribution in [-0.2, 0) is 0 Å². The summed E-state index contributed by atoms with van der Waals surface area (Å²) in [4.78, 5) is 12.4. The number of piperazine rings is 1. The highest BCUT2D eigenvalue weighted by atomic mass is 15.3. The molecule has 0 radical (unpaired) electrons. The summed E-state index contributed by atoms with van der Waals surface area (Å²) < 4.78 is 0. The summed E-state index contributed by atoms with van der Waals surface area (Å²) in [7, 11) is 4.45. The Hall–Kier alpha value is -1.07. The van der Waals surface area contributed by atoms with Crippen molar-refractivity contribution in [1.29, 1.82) is 0 Å². The van der Waals surface area contributed by atoms with Crippen LogP contribution in [0.1, 0.15) is 19.8 Å². The van der Waals surface area contributed by atoms with Gasteiger partial charge in [-0.15, -0.1) is 0 Å². The van der Waals surface area contributed by atoms with Crippen LogP contribution in [0.5, 0.6) is 0 Å². The quantitative estimate of drug-likeness (QED) is 0.480. The van der Waals surface area contributed by atoms with Crippen LogP contribution in [0.3, 0.4) is 0 Å². The molecule has 0 aromatic rings. The van der Waals surface area contributed by atoms with Crippen LogP contribution in [0, 0.1) is 11.8 Å². The highest BCUT2D eigenvalue weighted by Crippen LogP contribution is 2.32. The number of nitrogens with zero attached hydrogens (tertiary/aromatic N) is 4. The van der Waals surface area contributed by atoms with E-state index in [1.807, 2.05) is 0 Å². The van der Waals surface area contributed by atoms with E-state index in [1.165, 1.54) is 32.5 Å². The second-order valence-electron chi connectivity index (χ2n) is 7.46. The van der Waals surface area contributed by atoms with Crippen molar-refractivity contribution < 1.29 is 0 Å². The van der Waals surface area contributed by atoms with Gasteiger partial charge in [0, 0.05) is 45.3 Å². The van der Waals surface area contributed by atoms with Crippen molar-refractivity contribution >= 4 is 5.96 Å². The van der Waals surface area contributed by atoms with Crippen LogP contribution in [0.15, 0.2) is 17.1 Å². The minimum absolute atomic E-state index is 0.536. The Morgan fingerprint density at radius 1 is 1.09 bits per heavy atom. The second-order valence-corrected chi connectivity index (χ2v) is 7.46. The topological polar surface area (TPSA) is 34.1 Å². The Bertz CT molecular complexity index is 431. The number of guanidine groups is 1. The van der Waals surface area contributed by atoms with Gasteiger partial charge in [0.2, 0.25) is 0 Å². The van der Waals surface area contributed by atoms with Gasteiger partial charge in [-0.25, -0.2) is 0 Å². The fourth-order valence-corrected chi connectivity index (χ4v) is 4.10. The average Bonchev–Trinajstić information content (AvgIpc) is 2.98. The van der Waals surface area contributed by atoms with Crippen molar-refractivity contribution in [3.8, 4) is 0 Å². The highest BCUT2D eigenvalue weighted by Gasteiger charge is 2.34. The third kappa shape index (κ3) is 4.07. The van der Waals surface area contributed by atoms with E-state index >= 15 is 0 Å². The molecule has 0 saturated carbocycles. The molecule has 2 fully saturated rings. The number of rotatable bonds is 3. The molecule has 0 aromatic carbocycles. The molecule has 3 atom stereocenters. The Kier molecular flexibility index (Phi) is 5.59. The lowest BCUT2D eigenvalue weighted by molar-refractivity contribution is 0.119. The van der Waals surface area contributed by atoms with E-state index in [2.05, 4.69) is 53.2 Å². The summed E-state index contributed by atoms with van der Waals surface area (Å²) in [6.07, 6.45) is 7.22. The molecule has 0 spiro atoms.